The van der Waals surface area contributed by atoms with Crippen LogP contribution in [0.15, 0.2) is 34.0 Å². The SMILES string of the molecule is CC[Si](CC)(CC)Oc1ccc2c(c1)C(n1cc(F)c(=O)[nH]c1=O)OC2=O. The molecule has 0 bridgehead atoms. The maximum absolute atomic E-state index is 13.7. The number of aromatic nitrogens is 2. The largest absolute Gasteiger partial charge is 0.543 e. The fraction of sp³-hybridized carbons (Fsp3) is 0.389. The van der Waals surface area contributed by atoms with E-state index in [1.54, 1.807) is 18.2 Å². The fourth-order valence-electron chi connectivity index (χ4n) is 3.28. The van der Waals surface area contributed by atoms with E-state index in [0.717, 1.165) is 28.9 Å². The van der Waals surface area contributed by atoms with Crippen LogP contribution in [0.4, 0.5) is 4.39 Å². The van der Waals surface area contributed by atoms with Gasteiger partial charge in [-0.25, -0.2) is 9.59 Å². The molecule has 9 heteroatoms. The Hall–Kier alpha value is -2.68. The van der Waals surface area contributed by atoms with Crippen LogP contribution in [0, 0.1) is 5.82 Å². The summed E-state index contributed by atoms with van der Waals surface area (Å²) in [5.41, 5.74) is -1.31. The second kappa shape index (κ2) is 7.14. The summed E-state index contributed by atoms with van der Waals surface area (Å²) in [7, 11) is -1.94. The van der Waals surface area contributed by atoms with Gasteiger partial charge < -0.3 is 9.16 Å². The predicted octanol–water partition coefficient (Wildman–Crippen LogP) is 2.78. The number of carbonyl (C=O) groups is 1. The first kappa shape index (κ1) is 19.1. The average Bonchev–Trinajstić information content (AvgIpc) is 2.99. The number of hydrogen-bond donors (Lipinski definition) is 1. The molecule has 144 valence electrons. The van der Waals surface area contributed by atoms with Gasteiger partial charge in [0.1, 0.15) is 5.75 Å². The minimum absolute atomic E-state index is 0.280. The Morgan fingerprint density at radius 2 is 1.85 bits per heavy atom. The topological polar surface area (TPSA) is 90.4 Å². The zero-order valence-electron chi connectivity index (χ0n) is 15.4. The smallest absolute Gasteiger partial charge is 0.340 e. The van der Waals surface area contributed by atoms with E-state index in [9.17, 15) is 18.8 Å². The minimum atomic E-state index is -1.94. The van der Waals surface area contributed by atoms with Gasteiger partial charge in [-0.3, -0.25) is 14.3 Å². The van der Waals surface area contributed by atoms with Crippen LogP contribution in [-0.2, 0) is 4.74 Å². The van der Waals surface area contributed by atoms with Crippen LogP contribution in [-0.4, -0.2) is 23.8 Å². The first-order valence-corrected chi connectivity index (χ1v) is 11.4. The molecule has 1 unspecified atom stereocenters. The molecule has 0 saturated heterocycles. The van der Waals surface area contributed by atoms with E-state index in [1.165, 1.54) is 0 Å². The molecule has 0 saturated carbocycles. The monoisotopic (exact) mass is 392 g/mol. The molecule has 1 aromatic carbocycles. The highest BCUT2D eigenvalue weighted by Gasteiger charge is 2.35. The number of hydrogen-bond acceptors (Lipinski definition) is 5. The van der Waals surface area contributed by atoms with Crippen LogP contribution in [0.1, 0.15) is 42.9 Å². The van der Waals surface area contributed by atoms with E-state index in [2.05, 4.69) is 20.8 Å². The van der Waals surface area contributed by atoms with Crippen molar-refractivity contribution in [1.82, 2.24) is 9.55 Å². The summed E-state index contributed by atoms with van der Waals surface area (Å²) in [6, 6.07) is 7.78. The van der Waals surface area contributed by atoms with E-state index in [1.807, 2.05) is 4.98 Å². The van der Waals surface area contributed by atoms with Crippen molar-refractivity contribution in [3.63, 3.8) is 0 Å². The number of benzene rings is 1. The summed E-state index contributed by atoms with van der Waals surface area (Å²) in [5, 5.41) is 0. The first-order chi connectivity index (χ1) is 12.8. The number of nitrogens with one attached hydrogen (secondary N) is 1. The van der Waals surface area contributed by atoms with Crippen molar-refractivity contribution < 1.29 is 18.3 Å². The molecule has 0 fully saturated rings. The molecule has 3 rings (SSSR count). The Kier molecular flexibility index (Phi) is 5.05. The number of aromatic amines is 1. The third-order valence-electron chi connectivity index (χ3n) is 5.17. The van der Waals surface area contributed by atoms with Crippen molar-refractivity contribution in [3.8, 4) is 5.75 Å². The highest BCUT2D eigenvalue weighted by atomic mass is 28.4. The Bertz CT molecular complexity index is 988. The van der Waals surface area contributed by atoms with Gasteiger partial charge in [-0.05, 0) is 36.3 Å². The van der Waals surface area contributed by atoms with Gasteiger partial charge in [-0.15, -0.1) is 0 Å². The fourth-order valence-corrected chi connectivity index (χ4v) is 5.84. The van der Waals surface area contributed by atoms with Crippen molar-refractivity contribution in [3.05, 3.63) is 62.2 Å². The lowest BCUT2D eigenvalue weighted by atomic mass is 10.1. The van der Waals surface area contributed by atoms with Gasteiger partial charge in [-0.2, -0.15) is 4.39 Å². The number of nitrogens with zero attached hydrogens (tertiary/aromatic N) is 1. The van der Waals surface area contributed by atoms with Crippen molar-refractivity contribution in [2.75, 3.05) is 0 Å². The van der Waals surface area contributed by atoms with E-state index < -0.39 is 37.6 Å². The molecule has 7 nitrogen and oxygen atoms in total. The summed E-state index contributed by atoms with van der Waals surface area (Å²) in [6.45, 7) is 6.31. The van der Waals surface area contributed by atoms with Gasteiger partial charge in [0.05, 0.1) is 11.8 Å². The molecule has 1 N–H and O–H groups in total. The Labute approximate surface area is 155 Å². The molecule has 1 aromatic heterocycles. The number of rotatable bonds is 6. The molecular formula is C18H21FN2O5Si. The second-order valence-corrected chi connectivity index (χ2v) is 11.2. The lowest BCUT2D eigenvalue weighted by molar-refractivity contribution is 0.0306. The van der Waals surface area contributed by atoms with Crippen LogP contribution in [0.25, 0.3) is 0 Å². The highest BCUT2D eigenvalue weighted by molar-refractivity contribution is 6.74. The minimum Gasteiger partial charge on any atom is -0.543 e. The maximum atomic E-state index is 13.7. The van der Waals surface area contributed by atoms with E-state index >= 15 is 0 Å². The van der Waals surface area contributed by atoms with E-state index in [-0.39, 0.29) is 5.56 Å². The zero-order chi connectivity index (χ0) is 19.8. The molecule has 0 spiro atoms. The molecule has 0 aliphatic carbocycles. The highest BCUT2D eigenvalue weighted by Crippen LogP contribution is 2.35. The number of carbonyl (C=O) groups excluding carboxylic acids is 1. The standard InChI is InChI=1S/C18H21FN2O5Si/c1-4-27(5-2,6-3)26-11-7-8-12-13(9-11)16(25-17(12)23)21-10-14(19)15(22)20-18(21)24/h7-10,16H,4-6H2,1-3H3,(H,20,22,24). The van der Waals surface area contributed by atoms with Gasteiger partial charge in [0.2, 0.25) is 20.4 Å². The lowest BCUT2D eigenvalue weighted by Crippen LogP contribution is -2.39. The quantitative estimate of drug-likeness (QED) is 0.603. The van der Waals surface area contributed by atoms with E-state index in [4.69, 9.17) is 9.16 Å². The van der Waals surface area contributed by atoms with E-state index in [0.29, 0.717) is 11.3 Å². The van der Waals surface area contributed by atoms with Crippen LogP contribution in [0.3, 0.4) is 0 Å². The summed E-state index contributed by atoms with van der Waals surface area (Å²) >= 11 is 0. The molecule has 2 heterocycles. The second-order valence-electron chi connectivity index (χ2n) is 6.50. The molecule has 0 radical (unpaired) electrons. The van der Waals surface area contributed by atoms with Gasteiger partial charge in [-0.1, -0.05) is 20.8 Å². The number of ether oxygens (including phenoxy) is 1. The maximum Gasteiger partial charge on any atom is 0.340 e. The number of cyclic esters (lactones) is 1. The molecule has 27 heavy (non-hydrogen) atoms. The Balaban J connectivity index is 2.06. The van der Waals surface area contributed by atoms with Gasteiger partial charge in [0.25, 0.3) is 5.56 Å². The molecule has 1 atom stereocenters. The number of H-pyrrole nitrogens is 1. The lowest BCUT2D eigenvalue weighted by Gasteiger charge is -2.29. The van der Waals surface area contributed by atoms with Crippen LogP contribution >= 0.6 is 0 Å². The molecular weight excluding hydrogens is 371 g/mol. The van der Waals surface area contributed by atoms with Crippen molar-refractivity contribution in [1.29, 1.82) is 0 Å². The third-order valence-corrected chi connectivity index (χ3v) is 9.71. The molecule has 2 aromatic rings. The van der Waals surface area contributed by atoms with Gasteiger partial charge >= 0.3 is 11.7 Å². The number of esters is 1. The third kappa shape index (κ3) is 3.34. The first-order valence-electron chi connectivity index (χ1n) is 8.89. The summed E-state index contributed by atoms with van der Waals surface area (Å²) < 4.78 is 26.1. The van der Waals surface area contributed by atoms with Gasteiger partial charge in [0.15, 0.2) is 0 Å². The summed E-state index contributed by atoms with van der Waals surface area (Å²) in [6.07, 6.45) is -0.416. The number of halogens is 1. The van der Waals surface area contributed by atoms with Crippen LogP contribution in [0.2, 0.25) is 18.1 Å². The zero-order valence-corrected chi connectivity index (χ0v) is 16.4. The summed E-state index contributed by atoms with van der Waals surface area (Å²) in [4.78, 5) is 37.3. The molecule has 1 aliphatic heterocycles. The summed E-state index contributed by atoms with van der Waals surface area (Å²) in [5.74, 6) is -1.17. The normalized spacial score (nSPS) is 16.1. The van der Waals surface area contributed by atoms with Crippen LogP contribution in [0.5, 0.6) is 5.75 Å². The number of fused-ring (bicyclic) bond motifs is 1. The van der Waals surface area contributed by atoms with Crippen LogP contribution < -0.4 is 15.7 Å². The predicted molar refractivity (Wildman–Crippen MR) is 99.1 cm³/mol. The molecule has 1 aliphatic rings. The van der Waals surface area contributed by atoms with Crippen molar-refractivity contribution in [2.24, 2.45) is 0 Å². The van der Waals surface area contributed by atoms with Crippen molar-refractivity contribution in [2.45, 2.75) is 45.1 Å². The average molecular weight is 392 g/mol. The van der Waals surface area contributed by atoms with Crippen molar-refractivity contribution >= 4 is 14.3 Å². The van der Waals surface area contributed by atoms with Gasteiger partial charge in [0, 0.05) is 5.56 Å². The molecule has 0 amide bonds. The Morgan fingerprint density at radius 1 is 1.19 bits per heavy atom. The Morgan fingerprint density at radius 3 is 2.48 bits per heavy atom.